The smallest absolute Gasteiger partial charge is 0.241 e. The first-order valence-electron chi connectivity index (χ1n) is 5.58. The van der Waals surface area contributed by atoms with Crippen molar-refractivity contribution >= 4 is 5.91 Å². The molecule has 1 rings (SSSR count). The number of nitrogens with zero attached hydrogens (tertiary/aromatic N) is 2. The lowest BCUT2D eigenvalue weighted by Crippen LogP contribution is -2.39. The number of carbonyl (C=O) groups excluding carboxylic acids is 1. The van der Waals surface area contributed by atoms with Gasteiger partial charge in [0, 0.05) is 38.6 Å². The Hall–Kier alpha value is -1.40. The van der Waals surface area contributed by atoms with Gasteiger partial charge in [0.05, 0.1) is 6.20 Å². The third-order valence-electron chi connectivity index (χ3n) is 2.51. The maximum absolute atomic E-state index is 11.8. The Morgan fingerprint density at radius 1 is 1.71 bits per heavy atom. The van der Waals surface area contributed by atoms with Crippen molar-refractivity contribution in [3.05, 3.63) is 18.0 Å². The van der Waals surface area contributed by atoms with Crippen LogP contribution in [-0.4, -0.2) is 35.4 Å². The second kappa shape index (κ2) is 6.36. The van der Waals surface area contributed by atoms with E-state index in [4.69, 9.17) is 10.5 Å². The molecule has 0 bridgehead atoms. The molecule has 0 spiro atoms. The molecule has 0 aliphatic carbocycles. The van der Waals surface area contributed by atoms with Crippen molar-refractivity contribution in [2.24, 2.45) is 12.8 Å². The zero-order valence-corrected chi connectivity index (χ0v) is 10.5. The zero-order valence-electron chi connectivity index (χ0n) is 10.5. The Bertz CT molecular complexity index is 364. The van der Waals surface area contributed by atoms with E-state index in [2.05, 4.69) is 10.4 Å². The number of hydrogen-bond donors (Lipinski definition) is 2. The van der Waals surface area contributed by atoms with Crippen molar-refractivity contribution in [3.8, 4) is 0 Å². The van der Waals surface area contributed by atoms with Crippen LogP contribution in [0.2, 0.25) is 0 Å². The van der Waals surface area contributed by atoms with Gasteiger partial charge in [0.1, 0.15) is 6.04 Å². The van der Waals surface area contributed by atoms with Crippen LogP contribution in [0.15, 0.2) is 12.4 Å². The summed E-state index contributed by atoms with van der Waals surface area (Å²) in [5, 5.41) is 6.83. The van der Waals surface area contributed by atoms with Gasteiger partial charge in [-0.15, -0.1) is 0 Å². The molecule has 3 N–H and O–H groups in total. The number of aryl methyl sites for hydroxylation is 1. The first kappa shape index (κ1) is 13.7. The number of amides is 1. The highest BCUT2D eigenvalue weighted by Gasteiger charge is 2.18. The van der Waals surface area contributed by atoms with Crippen molar-refractivity contribution < 1.29 is 9.53 Å². The molecule has 0 fully saturated rings. The molecule has 1 aromatic rings. The van der Waals surface area contributed by atoms with Crippen LogP contribution in [0.3, 0.4) is 0 Å². The summed E-state index contributed by atoms with van der Waals surface area (Å²) < 4.78 is 6.57. The molecular formula is C11H20N4O2. The van der Waals surface area contributed by atoms with E-state index in [1.807, 2.05) is 6.92 Å². The molecule has 0 aliphatic heterocycles. The molecular weight excluding hydrogens is 220 g/mol. The Kier molecular flexibility index (Phi) is 5.11. The molecule has 96 valence electrons. The highest BCUT2D eigenvalue weighted by Crippen LogP contribution is 2.08. The van der Waals surface area contributed by atoms with Crippen molar-refractivity contribution in [2.75, 3.05) is 13.7 Å². The molecule has 1 heterocycles. The quantitative estimate of drug-likeness (QED) is 0.731. The number of ether oxygens (including phenoxy) is 1. The predicted octanol–water partition coefficient (Wildman–Crippen LogP) is -0.0389. The first-order chi connectivity index (χ1) is 8.04. The zero-order chi connectivity index (χ0) is 12.8. The molecule has 0 radical (unpaired) electrons. The molecule has 0 saturated heterocycles. The van der Waals surface area contributed by atoms with Crippen molar-refractivity contribution in [1.29, 1.82) is 0 Å². The minimum atomic E-state index is -0.673. The highest BCUT2D eigenvalue weighted by atomic mass is 16.5. The summed E-state index contributed by atoms with van der Waals surface area (Å²) in [5.41, 5.74) is 6.54. The summed E-state index contributed by atoms with van der Waals surface area (Å²) in [5.74, 6) is -0.193. The SMILES string of the molecule is COCCC(C)NC(=O)C(N)c1cnn(C)c1. The monoisotopic (exact) mass is 240 g/mol. The van der Waals surface area contributed by atoms with E-state index in [9.17, 15) is 4.79 Å². The lowest BCUT2D eigenvalue weighted by Gasteiger charge is -2.16. The molecule has 1 aromatic heterocycles. The highest BCUT2D eigenvalue weighted by molar-refractivity contribution is 5.82. The van der Waals surface area contributed by atoms with Gasteiger partial charge < -0.3 is 15.8 Å². The van der Waals surface area contributed by atoms with Gasteiger partial charge in [0.25, 0.3) is 0 Å². The van der Waals surface area contributed by atoms with Gasteiger partial charge in [-0.3, -0.25) is 9.48 Å². The van der Waals surface area contributed by atoms with Crippen LogP contribution in [0.5, 0.6) is 0 Å². The number of rotatable bonds is 6. The second-order valence-corrected chi connectivity index (χ2v) is 4.12. The summed E-state index contributed by atoms with van der Waals surface area (Å²) in [6.45, 7) is 2.54. The lowest BCUT2D eigenvalue weighted by molar-refractivity contribution is -0.123. The third-order valence-corrected chi connectivity index (χ3v) is 2.51. The fourth-order valence-electron chi connectivity index (χ4n) is 1.45. The third kappa shape index (κ3) is 4.16. The van der Waals surface area contributed by atoms with Crippen molar-refractivity contribution in [3.63, 3.8) is 0 Å². The van der Waals surface area contributed by atoms with Gasteiger partial charge in [0.15, 0.2) is 0 Å². The normalized spacial score (nSPS) is 14.4. The maximum atomic E-state index is 11.8. The number of nitrogens with two attached hydrogens (primary N) is 1. The number of carbonyl (C=O) groups is 1. The molecule has 6 nitrogen and oxygen atoms in total. The summed E-state index contributed by atoms with van der Waals surface area (Å²) in [4.78, 5) is 11.8. The lowest BCUT2D eigenvalue weighted by atomic mass is 10.1. The fraction of sp³-hybridized carbons (Fsp3) is 0.636. The van der Waals surface area contributed by atoms with Gasteiger partial charge in [0.2, 0.25) is 5.91 Å². The average molecular weight is 240 g/mol. The van der Waals surface area contributed by atoms with Gasteiger partial charge >= 0.3 is 0 Å². The summed E-state index contributed by atoms with van der Waals surface area (Å²) in [6, 6.07) is -0.626. The van der Waals surface area contributed by atoms with Crippen molar-refractivity contribution in [1.82, 2.24) is 15.1 Å². The maximum Gasteiger partial charge on any atom is 0.241 e. The largest absolute Gasteiger partial charge is 0.385 e. The summed E-state index contributed by atoms with van der Waals surface area (Å²) in [7, 11) is 3.42. The number of methoxy groups -OCH3 is 1. The van der Waals surface area contributed by atoms with E-state index in [1.165, 1.54) is 0 Å². The molecule has 6 heteroatoms. The van der Waals surface area contributed by atoms with E-state index < -0.39 is 6.04 Å². The number of nitrogens with one attached hydrogen (secondary N) is 1. The van der Waals surface area contributed by atoms with Crippen LogP contribution in [0.1, 0.15) is 24.9 Å². The van der Waals surface area contributed by atoms with E-state index in [0.717, 1.165) is 6.42 Å². The number of hydrogen-bond acceptors (Lipinski definition) is 4. The Labute approximate surface area is 101 Å². The van der Waals surface area contributed by atoms with E-state index >= 15 is 0 Å². The van der Waals surface area contributed by atoms with Crippen LogP contribution in [0.4, 0.5) is 0 Å². The summed E-state index contributed by atoms with van der Waals surface area (Å²) >= 11 is 0. The Balaban J connectivity index is 2.47. The molecule has 0 aliphatic rings. The topological polar surface area (TPSA) is 82.2 Å². The van der Waals surface area contributed by atoms with Crippen LogP contribution in [0, 0.1) is 0 Å². The van der Waals surface area contributed by atoms with Gasteiger partial charge in [-0.1, -0.05) is 0 Å². The standard InChI is InChI=1S/C11H20N4O2/c1-8(4-5-17-3)14-11(16)10(12)9-6-13-15(2)7-9/h6-8,10H,4-5,12H2,1-3H3,(H,14,16). The van der Waals surface area contributed by atoms with E-state index in [0.29, 0.717) is 12.2 Å². The molecule has 2 atom stereocenters. The van der Waals surface area contributed by atoms with Crippen molar-refractivity contribution in [2.45, 2.75) is 25.4 Å². The second-order valence-electron chi connectivity index (χ2n) is 4.12. The van der Waals surface area contributed by atoms with E-state index in [-0.39, 0.29) is 11.9 Å². The van der Waals surface area contributed by atoms with Crippen LogP contribution in [-0.2, 0) is 16.6 Å². The Morgan fingerprint density at radius 2 is 2.41 bits per heavy atom. The fourth-order valence-corrected chi connectivity index (χ4v) is 1.45. The average Bonchev–Trinajstić information content (AvgIpc) is 2.72. The minimum absolute atomic E-state index is 0.0465. The van der Waals surface area contributed by atoms with Crippen LogP contribution < -0.4 is 11.1 Å². The van der Waals surface area contributed by atoms with Crippen LogP contribution >= 0.6 is 0 Å². The molecule has 0 saturated carbocycles. The van der Waals surface area contributed by atoms with Gasteiger partial charge in [-0.05, 0) is 13.3 Å². The predicted molar refractivity (Wildman–Crippen MR) is 64.2 cm³/mol. The molecule has 1 amide bonds. The Morgan fingerprint density at radius 3 is 2.94 bits per heavy atom. The first-order valence-corrected chi connectivity index (χ1v) is 5.58. The molecule has 0 aromatic carbocycles. The molecule has 17 heavy (non-hydrogen) atoms. The van der Waals surface area contributed by atoms with E-state index in [1.54, 1.807) is 31.2 Å². The van der Waals surface area contributed by atoms with Gasteiger partial charge in [-0.2, -0.15) is 5.10 Å². The van der Waals surface area contributed by atoms with Gasteiger partial charge in [-0.25, -0.2) is 0 Å². The summed E-state index contributed by atoms with van der Waals surface area (Å²) in [6.07, 6.45) is 4.11. The van der Waals surface area contributed by atoms with Crippen LogP contribution in [0.25, 0.3) is 0 Å². The number of aromatic nitrogens is 2. The minimum Gasteiger partial charge on any atom is -0.385 e. The molecule has 2 unspecified atom stereocenters.